The maximum absolute atomic E-state index is 12.2. The summed E-state index contributed by atoms with van der Waals surface area (Å²) in [7, 11) is -6.05. The van der Waals surface area contributed by atoms with E-state index in [9.17, 15) is 16.8 Å². The fraction of sp³-hybridized carbons (Fsp3) is 0.114. The topological polar surface area (TPSA) is 74.8 Å². The normalized spacial score (nSPS) is 13.4. The number of hydrogen-bond donors (Lipinski definition) is 0. The average Bonchev–Trinajstić information content (AvgIpc) is 1.64. The van der Waals surface area contributed by atoms with Crippen molar-refractivity contribution in [2.45, 2.75) is 62.5 Å². The molecule has 0 spiro atoms. The minimum absolute atomic E-state index is 0.149. The van der Waals surface area contributed by atoms with Crippen molar-refractivity contribution in [1.82, 2.24) is 0 Å². The highest BCUT2D eigenvalue weighted by atomic mass is 32.2. The number of sulfone groups is 2. The van der Waals surface area contributed by atoms with E-state index in [2.05, 4.69) is 315 Å². The predicted molar refractivity (Wildman–Crippen MR) is 398 cm³/mol. The summed E-state index contributed by atoms with van der Waals surface area (Å²) in [6, 6.07) is 109. The number of fused-ring (bicyclic) bond motifs is 2. The first-order valence-corrected chi connectivity index (χ1v) is 36.6. The third kappa shape index (κ3) is 13.7. The molecule has 0 aromatic heterocycles. The number of nitrogens with zero attached hydrogens (tertiary/aromatic N) is 2. The lowest BCUT2D eigenvalue weighted by atomic mass is 9.98. The third-order valence-corrected chi connectivity index (χ3v) is 22.1. The second-order valence-electron chi connectivity index (χ2n) is 25.9. The van der Waals surface area contributed by atoms with Gasteiger partial charge in [-0.25, -0.2) is 16.8 Å². The van der Waals surface area contributed by atoms with Crippen LogP contribution in [0.1, 0.15) is 55.6 Å². The molecule has 2 aliphatic rings. The molecule has 0 fully saturated rings. The lowest BCUT2D eigenvalue weighted by Gasteiger charge is -2.26. The Kier molecular flexibility index (Phi) is 16.8. The highest BCUT2D eigenvalue weighted by Gasteiger charge is 2.26. The quantitative estimate of drug-likeness (QED) is 0.0852. The smallest absolute Gasteiger partial charge is 0.158 e. The van der Waals surface area contributed by atoms with E-state index in [0.717, 1.165) is 127 Å². The van der Waals surface area contributed by atoms with Crippen LogP contribution in [0.25, 0.3) is 66.8 Å². The molecule has 96 heavy (non-hydrogen) atoms. The Labute approximate surface area is 565 Å². The third-order valence-electron chi connectivity index (χ3n) is 19.1. The molecule has 13 aromatic carbocycles. The summed E-state index contributed by atoms with van der Waals surface area (Å²) in [5.41, 5.74) is 31.3. The molecule has 2 heterocycles. The second-order valence-corrected chi connectivity index (χ2v) is 30.1. The van der Waals surface area contributed by atoms with Gasteiger partial charge in [-0.1, -0.05) is 242 Å². The van der Waals surface area contributed by atoms with Gasteiger partial charge in [-0.05, 0) is 224 Å². The molecule has 2 aliphatic heterocycles. The summed E-state index contributed by atoms with van der Waals surface area (Å²) >= 11 is 0. The molecule has 0 N–H and O–H groups in total. The fourth-order valence-electron chi connectivity index (χ4n) is 13.6. The van der Waals surface area contributed by atoms with Crippen LogP contribution in [-0.4, -0.2) is 16.8 Å². The molecule has 470 valence electrons. The van der Waals surface area contributed by atoms with Crippen LogP contribution in [0, 0.1) is 13.8 Å². The number of aryl methyl sites for hydroxylation is 6. The minimum Gasteiger partial charge on any atom is -0.311 e. The first-order valence-electron chi connectivity index (χ1n) is 33.0. The van der Waals surface area contributed by atoms with Crippen LogP contribution in [0.2, 0.25) is 0 Å². The summed E-state index contributed by atoms with van der Waals surface area (Å²) in [5, 5.41) is 0. The number of hydrogen-bond acceptors (Lipinski definition) is 6. The number of benzene rings is 13. The molecule has 0 atom stereocenters. The lowest BCUT2D eigenvalue weighted by molar-refractivity contribution is 0.596. The Bertz CT molecular complexity index is 4840. The molecule has 13 aromatic rings. The molecule has 0 bridgehead atoms. The predicted octanol–water partition coefficient (Wildman–Crippen LogP) is 21.7. The molecule has 0 amide bonds. The lowest BCUT2D eigenvalue weighted by Crippen LogP contribution is -2.09. The minimum atomic E-state index is -3.02. The highest BCUT2D eigenvalue weighted by molar-refractivity contribution is 7.90. The molecule has 0 saturated heterocycles. The van der Waals surface area contributed by atoms with Crippen molar-refractivity contribution in [3.05, 3.63) is 359 Å². The number of anilines is 6. The van der Waals surface area contributed by atoms with E-state index in [1.807, 2.05) is 12.1 Å². The molecule has 0 saturated carbocycles. The van der Waals surface area contributed by atoms with Crippen molar-refractivity contribution in [2.75, 3.05) is 9.80 Å². The van der Waals surface area contributed by atoms with Gasteiger partial charge < -0.3 is 9.80 Å². The molecule has 0 unspecified atom stereocenters. The SMILES string of the molecule is Cc1ccc(-c2ccc(N(c3ccc(-c4ccc(CCc5ccc6c(c5)CS(=O)(=O)C6)cc4)cc3)c3ccc(-c4ccc(-c5ccc(N(c6ccc(-c7ccc(C)cc7)cc6)c6ccc(-c7ccc(CCc8ccc9c(c8)CS(=O)(=O)C9)cc7)cc6)cc5)cc4)cc3)cc2)cc1. The van der Waals surface area contributed by atoms with Crippen LogP contribution in [0.3, 0.4) is 0 Å². The Balaban J connectivity index is 0.647. The van der Waals surface area contributed by atoms with Gasteiger partial charge in [-0.3, -0.25) is 0 Å². The van der Waals surface area contributed by atoms with Crippen molar-refractivity contribution in [1.29, 1.82) is 0 Å². The summed E-state index contributed by atoms with van der Waals surface area (Å²) < 4.78 is 48.9. The molecule has 6 nitrogen and oxygen atoms in total. The molecule has 15 rings (SSSR count). The van der Waals surface area contributed by atoms with Crippen LogP contribution >= 0.6 is 0 Å². The molecule has 0 aliphatic carbocycles. The van der Waals surface area contributed by atoms with Gasteiger partial charge in [0.2, 0.25) is 0 Å². The van der Waals surface area contributed by atoms with E-state index in [0.29, 0.717) is 0 Å². The number of rotatable bonds is 18. The van der Waals surface area contributed by atoms with Crippen molar-refractivity contribution in [2.24, 2.45) is 0 Å². The van der Waals surface area contributed by atoms with Crippen molar-refractivity contribution >= 4 is 53.8 Å². The van der Waals surface area contributed by atoms with Crippen molar-refractivity contribution in [3.8, 4) is 66.8 Å². The van der Waals surface area contributed by atoms with Crippen LogP contribution in [-0.2, 0) is 68.4 Å². The monoisotopic (exact) mass is 1280 g/mol. The van der Waals surface area contributed by atoms with E-state index in [-0.39, 0.29) is 23.0 Å². The fourth-order valence-corrected chi connectivity index (χ4v) is 16.8. The van der Waals surface area contributed by atoms with Crippen molar-refractivity contribution in [3.63, 3.8) is 0 Å². The van der Waals surface area contributed by atoms with Crippen LogP contribution < -0.4 is 9.80 Å². The van der Waals surface area contributed by atoms with Crippen LogP contribution in [0.5, 0.6) is 0 Å². The molecular formula is C88H72N2O4S2. The van der Waals surface area contributed by atoms with E-state index in [1.165, 1.54) is 55.6 Å². The van der Waals surface area contributed by atoms with E-state index in [4.69, 9.17) is 0 Å². The zero-order valence-corrected chi connectivity index (χ0v) is 55.5. The largest absolute Gasteiger partial charge is 0.311 e. The molecule has 0 radical (unpaired) electrons. The van der Waals surface area contributed by atoms with Gasteiger partial charge in [-0.15, -0.1) is 0 Å². The van der Waals surface area contributed by atoms with Crippen LogP contribution in [0.15, 0.2) is 303 Å². The summed E-state index contributed by atoms with van der Waals surface area (Å²) in [4.78, 5) is 4.65. The van der Waals surface area contributed by atoms with Gasteiger partial charge in [0, 0.05) is 34.1 Å². The first kappa shape index (κ1) is 61.5. The summed E-state index contributed by atoms with van der Waals surface area (Å²) in [6.07, 6.45) is 3.48. The van der Waals surface area contributed by atoms with Gasteiger partial charge in [0.25, 0.3) is 0 Å². The van der Waals surface area contributed by atoms with Gasteiger partial charge >= 0.3 is 0 Å². The van der Waals surface area contributed by atoms with Crippen molar-refractivity contribution < 1.29 is 16.8 Å². The molecular weight excluding hydrogens is 1210 g/mol. The Hall–Kier alpha value is -10.6. The Morgan fingerprint density at radius 2 is 0.396 bits per heavy atom. The first-order chi connectivity index (χ1) is 46.7. The van der Waals surface area contributed by atoms with Crippen LogP contribution in [0.4, 0.5) is 34.1 Å². The van der Waals surface area contributed by atoms with Gasteiger partial charge in [0.15, 0.2) is 19.7 Å². The standard InChI is InChI=1S/C88H72N2O4S2/c1-61-3-17-67(18-4-61)73-31-43-83(44-32-73)89(85-47-35-75(36-48-85)69-21-11-63(12-22-69)7-9-65-15-25-79-57-95(91,92)59-81(79)55-65)87-51-39-77(40-52-87)71-27-29-72(30-28-71)78-41-53-88(54-42-78)90(84-45-33-74(34-46-84)68-19-5-62(2)6-20-68)86-49-37-76(38-50-86)70-23-13-64(14-24-70)8-10-66-16-26-80-58-96(93,94)60-82(80)56-66/h3-6,11-56H,7-10,57-60H2,1-2H3. The summed E-state index contributed by atoms with van der Waals surface area (Å²) in [6.45, 7) is 4.24. The highest BCUT2D eigenvalue weighted by Crippen LogP contribution is 2.41. The average molecular weight is 1290 g/mol. The Morgan fingerprint density at radius 1 is 0.219 bits per heavy atom. The maximum atomic E-state index is 12.2. The van der Waals surface area contributed by atoms with Gasteiger partial charge in [0.05, 0.1) is 23.0 Å². The van der Waals surface area contributed by atoms with E-state index >= 15 is 0 Å². The van der Waals surface area contributed by atoms with Gasteiger partial charge in [0.1, 0.15) is 0 Å². The maximum Gasteiger partial charge on any atom is 0.158 e. The molecule has 8 heteroatoms. The van der Waals surface area contributed by atoms with E-state index < -0.39 is 19.7 Å². The van der Waals surface area contributed by atoms with E-state index in [1.54, 1.807) is 0 Å². The zero-order valence-electron chi connectivity index (χ0n) is 53.9. The van der Waals surface area contributed by atoms with Gasteiger partial charge in [-0.2, -0.15) is 0 Å². The Morgan fingerprint density at radius 3 is 0.635 bits per heavy atom. The zero-order chi connectivity index (χ0) is 65.3. The second kappa shape index (κ2) is 26.3. The summed E-state index contributed by atoms with van der Waals surface area (Å²) in [5.74, 6) is 0.608.